The number of nitrogens with zero attached hydrogens (tertiary/aromatic N) is 3. The third-order valence-corrected chi connectivity index (χ3v) is 16.0. The van der Waals surface area contributed by atoms with E-state index in [0.29, 0.717) is 13.0 Å². The molecule has 0 spiro atoms. The summed E-state index contributed by atoms with van der Waals surface area (Å²) in [6.45, 7) is 23.6. The molecule has 428 valence electrons. The van der Waals surface area contributed by atoms with Crippen molar-refractivity contribution >= 4 is 29.5 Å². The van der Waals surface area contributed by atoms with Crippen molar-refractivity contribution < 1.29 is 86.7 Å². The highest BCUT2D eigenvalue weighted by atomic mass is 16.7. The Balaban J connectivity index is 2.00. The first-order chi connectivity index (χ1) is 34.5. The van der Waals surface area contributed by atoms with E-state index in [2.05, 4.69) is 17.0 Å². The molecule has 21 heteroatoms. The van der Waals surface area contributed by atoms with Gasteiger partial charge in [0, 0.05) is 71.5 Å². The van der Waals surface area contributed by atoms with Gasteiger partial charge in [-0.2, -0.15) is 0 Å². The van der Waals surface area contributed by atoms with Crippen LogP contribution in [0.15, 0.2) is 5.16 Å². The molecule has 4 saturated heterocycles. The number of aliphatic hydroxyl groups excluding tert-OH is 2. The van der Waals surface area contributed by atoms with Crippen molar-refractivity contribution in [1.29, 1.82) is 0 Å². The van der Waals surface area contributed by atoms with Crippen LogP contribution in [0.1, 0.15) is 109 Å². The lowest BCUT2D eigenvalue weighted by atomic mass is 9.64. The van der Waals surface area contributed by atoms with Gasteiger partial charge in [-0.1, -0.05) is 53.6 Å². The summed E-state index contributed by atoms with van der Waals surface area (Å²) in [4.78, 5) is 67.0. The van der Waals surface area contributed by atoms with Crippen LogP contribution in [0.3, 0.4) is 0 Å². The van der Waals surface area contributed by atoms with Crippen molar-refractivity contribution in [3.63, 3.8) is 0 Å². The molecule has 0 aromatic heterocycles. The van der Waals surface area contributed by atoms with Gasteiger partial charge < -0.3 is 77.3 Å². The van der Waals surface area contributed by atoms with Gasteiger partial charge in [0.2, 0.25) is 0 Å². The number of hydrogen-bond donors (Lipinski definition) is 3. The summed E-state index contributed by atoms with van der Waals surface area (Å²) in [5.74, 6) is -10.4. The third kappa shape index (κ3) is 15.1. The number of methoxy groups -OCH3 is 2. The molecule has 0 radical (unpaired) electrons. The Morgan fingerprint density at radius 2 is 1.47 bits per heavy atom. The van der Waals surface area contributed by atoms with Crippen LogP contribution in [0.4, 0.5) is 4.79 Å². The van der Waals surface area contributed by atoms with Crippen LogP contribution in [0, 0.1) is 53.3 Å². The molecule has 4 heterocycles. The zero-order valence-electron chi connectivity index (χ0n) is 47.6. The molecule has 4 aliphatic heterocycles. The Hall–Kier alpha value is -3.09. The van der Waals surface area contributed by atoms with Crippen LogP contribution in [0.2, 0.25) is 0 Å². The summed E-state index contributed by atoms with van der Waals surface area (Å²) < 4.78 is 63.7. The van der Waals surface area contributed by atoms with Gasteiger partial charge in [0.25, 0.3) is 0 Å². The predicted octanol–water partition coefficient (Wildman–Crippen LogP) is 4.99. The van der Waals surface area contributed by atoms with E-state index >= 15 is 9.59 Å². The number of oxime groups is 1. The van der Waals surface area contributed by atoms with Crippen molar-refractivity contribution in [3.8, 4) is 0 Å². The molecule has 21 nitrogen and oxygen atoms in total. The lowest BCUT2D eigenvalue weighted by Gasteiger charge is -2.46. The summed E-state index contributed by atoms with van der Waals surface area (Å²) in [5.41, 5.74) is -1.63. The summed E-state index contributed by atoms with van der Waals surface area (Å²) in [6.07, 6.45) is -12.1. The number of aliphatic carboxylic acids is 1. The third-order valence-electron chi connectivity index (χ3n) is 16.0. The minimum Gasteiger partial charge on any atom is -0.481 e. The second-order valence-corrected chi connectivity index (χ2v) is 22.7. The van der Waals surface area contributed by atoms with Gasteiger partial charge in [-0.25, -0.2) is 4.79 Å². The van der Waals surface area contributed by atoms with E-state index in [-0.39, 0.29) is 37.3 Å². The minimum absolute atomic E-state index is 0.0141. The van der Waals surface area contributed by atoms with Crippen LogP contribution in [-0.2, 0) is 66.6 Å². The highest BCUT2D eigenvalue weighted by Crippen LogP contribution is 2.44. The van der Waals surface area contributed by atoms with E-state index < -0.39 is 156 Å². The molecule has 2 unspecified atom stereocenters. The lowest BCUT2D eigenvalue weighted by molar-refractivity contribution is -0.305. The molecule has 3 N–H and O–H groups in total. The Kier molecular flexibility index (Phi) is 23.6. The minimum atomic E-state index is -1.92. The number of aliphatic hydroxyl groups is 2. The Bertz CT molecular complexity index is 1860. The maximum atomic E-state index is 15.7. The van der Waals surface area contributed by atoms with E-state index in [1.54, 1.807) is 55.4 Å². The Morgan fingerprint density at radius 3 is 2.04 bits per heavy atom. The highest BCUT2D eigenvalue weighted by Gasteiger charge is 2.54. The first-order valence-electron chi connectivity index (χ1n) is 26.5. The van der Waals surface area contributed by atoms with Crippen molar-refractivity contribution in [1.82, 2.24) is 9.80 Å². The Morgan fingerprint density at radius 1 is 0.838 bits per heavy atom. The van der Waals surface area contributed by atoms with Crippen molar-refractivity contribution in [2.75, 3.05) is 55.6 Å². The van der Waals surface area contributed by atoms with Crippen molar-refractivity contribution in [2.24, 2.45) is 58.4 Å². The number of carbonyl (C=O) groups is 4. The molecule has 0 aliphatic carbocycles. The molecule has 0 saturated carbocycles. The number of carbonyl (C=O) groups excluding carboxylic acids is 3. The van der Waals surface area contributed by atoms with Gasteiger partial charge in [-0.15, -0.1) is 0 Å². The molecule has 1 amide bonds. The maximum Gasteiger partial charge on any atom is 0.410 e. The topological polar surface area (TPSA) is 249 Å². The van der Waals surface area contributed by atoms with Crippen LogP contribution in [-0.4, -0.2) is 202 Å². The molecular formula is C53H93N3O18. The molecule has 0 aromatic carbocycles. The van der Waals surface area contributed by atoms with Crippen LogP contribution >= 0.6 is 0 Å². The number of Topliss-reactive ketones (excluding diaryl/α,β-unsaturated/α-hetero) is 1. The van der Waals surface area contributed by atoms with E-state index in [1.807, 2.05) is 27.8 Å². The number of ketones is 1. The summed E-state index contributed by atoms with van der Waals surface area (Å²) in [6, 6.07) is 0.0141. The monoisotopic (exact) mass is 1060 g/mol. The van der Waals surface area contributed by atoms with Crippen molar-refractivity contribution in [2.45, 2.75) is 201 Å². The molecule has 74 heavy (non-hydrogen) atoms. The number of cyclic esters (lactones) is 1. The average molecular weight is 1060 g/mol. The zero-order valence-corrected chi connectivity index (χ0v) is 47.6. The van der Waals surface area contributed by atoms with E-state index in [9.17, 15) is 24.9 Å². The summed E-state index contributed by atoms with van der Waals surface area (Å²) in [5, 5.41) is 37.8. The van der Waals surface area contributed by atoms with Crippen LogP contribution in [0.5, 0.6) is 0 Å². The number of carboxylic acid groups (broad SMARTS) is 1. The predicted molar refractivity (Wildman–Crippen MR) is 271 cm³/mol. The molecule has 4 aliphatic rings. The van der Waals surface area contributed by atoms with Gasteiger partial charge in [0.15, 0.2) is 30.3 Å². The maximum absolute atomic E-state index is 15.7. The average Bonchev–Trinajstić information content (AvgIpc) is 3.44. The SMILES string of the molecule is CON=C1C[C@@H](C)O[C@@H](O[C@@H]2[C@@H](C)[C@H](O[C@H]3C[C@@H](C)N(C)C[C@H](C)O3)[C@@H](C)C(=O)OC(C(C)CO[C@@H]3O[C@H](C)[C@@H](O)[C@@H](OC)[C@H]3OC)[C@@H](C)[C@@H]([C@H](C(=O)O)C(C)C)[C@@H](C)C(=O)[C@@](C)(OC(=O)N(C)C)C[C@@H]2C)[C@@H]1O. The second-order valence-electron chi connectivity index (χ2n) is 22.7. The number of hydrogen-bond acceptors (Lipinski definition) is 19. The molecular weight excluding hydrogens is 967 g/mol. The molecule has 4 fully saturated rings. The Labute approximate surface area is 439 Å². The fourth-order valence-electron chi connectivity index (χ4n) is 11.9. The number of rotatable bonds is 15. The van der Waals surface area contributed by atoms with Gasteiger partial charge in [0.1, 0.15) is 37.6 Å². The molecule has 0 bridgehead atoms. The fraction of sp³-hybridized carbons (Fsp3) is 0.906. The molecule has 4 rings (SSSR count). The second kappa shape index (κ2) is 27.5. The normalized spacial score (nSPS) is 41.9. The fourth-order valence-corrected chi connectivity index (χ4v) is 11.9. The van der Waals surface area contributed by atoms with Crippen molar-refractivity contribution in [3.05, 3.63) is 0 Å². The standard InChI is InChI=1S/C53H93N3O18/c1-25(2)38(48(60)61)39-31(8)43(27(4)24-67-51-46(65-18)45(64-17)40(57)35(12)70-51)72-49(62)34(11)44(71-37-20-28(5)56(16)23-30(7)68-37)33(10)42(73-50-41(58)36(54-66-19)21-29(6)69-50)26(3)22-53(13,47(59)32(39)9)74-52(63)55(14)15/h25-35,37-46,50-51,57-58H,20-24H2,1-19H3,(H,60,61)/t26-,27?,28+,29+,30-,31-,32+,33+,34+,35+,37-,38+,39+,40+,41+,42-,43?,44-,45+,46+,50-,51+,53-/m0/s1. The van der Waals surface area contributed by atoms with E-state index in [0.717, 1.165) is 0 Å². The van der Waals surface area contributed by atoms with E-state index in [4.69, 9.17) is 52.2 Å². The lowest BCUT2D eigenvalue weighted by Crippen LogP contribution is -2.59. The van der Waals surface area contributed by atoms with Gasteiger partial charge in [-0.3, -0.25) is 14.4 Å². The first kappa shape index (κ1) is 63.4. The molecule has 0 aromatic rings. The number of esters is 1. The van der Waals surface area contributed by atoms with Gasteiger partial charge in [-0.05, 0) is 78.7 Å². The summed E-state index contributed by atoms with van der Waals surface area (Å²) in [7, 11) is 9.27. The van der Waals surface area contributed by atoms with Gasteiger partial charge >= 0.3 is 18.0 Å². The number of carboxylic acids is 1. The first-order valence-corrected chi connectivity index (χ1v) is 26.5. The quantitative estimate of drug-likeness (QED) is 0.144. The summed E-state index contributed by atoms with van der Waals surface area (Å²) >= 11 is 0. The molecule has 23 atom stereocenters. The van der Waals surface area contributed by atoms with E-state index in [1.165, 1.54) is 47.2 Å². The smallest absolute Gasteiger partial charge is 0.410 e. The zero-order chi connectivity index (χ0) is 55.8. The van der Waals surface area contributed by atoms with Crippen LogP contribution < -0.4 is 0 Å². The number of amides is 1. The van der Waals surface area contributed by atoms with Crippen LogP contribution in [0.25, 0.3) is 0 Å². The number of likely N-dealkylation sites (N-methyl/N-ethyl adjacent to an activating group) is 1. The largest absolute Gasteiger partial charge is 0.481 e. The highest BCUT2D eigenvalue weighted by molar-refractivity contribution is 5.91. The number of ether oxygens (including phenoxy) is 10. The van der Waals surface area contributed by atoms with Gasteiger partial charge in [0.05, 0.1) is 54.7 Å².